The van der Waals surface area contributed by atoms with Crippen LogP contribution in [0, 0.1) is 13.8 Å². The lowest BCUT2D eigenvalue weighted by Crippen LogP contribution is -2.15. The van der Waals surface area contributed by atoms with Gasteiger partial charge in [0.15, 0.2) is 9.84 Å². The average molecular weight is 375 g/mol. The normalized spacial score (nSPS) is 11.2. The molecule has 0 aliphatic heterocycles. The monoisotopic (exact) mass is 375 g/mol. The van der Waals surface area contributed by atoms with Gasteiger partial charge in [-0.3, -0.25) is 4.79 Å². The van der Waals surface area contributed by atoms with Crippen LogP contribution < -0.4 is 5.32 Å². The van der Waals surface area contributed by atoms with Crippen molar-refractivity contribution in [3.63, 3.8) is 0 Å². The summed E-state index contributed by atoms with van der Waals surface area (Å²) in [6, 6.07) is 7.62. The third kappa shape index (κ3) is 4.11. The molecule has 0 bridgehead atoms. The molecule has 0 unspecified atom stereocenters. The van der Waals surface area contributed by atoms with E-state index in [1.54, 1.807) is 32.0 Å². The van der Waals surface area contributed by atoms with Crippen molar-refractivity contribution in [3.05, 3.63) is 58.1 Å². The van der Waals surface area contributed by atoms with Gasteiger partial charge >= 0.3 is 5.97 Å². The van der Waals surface area contributed by atoms with Crippen molar-refractivity contribution in [2.24, 2.45) is 0 Å². The van der Waals surface area contributed by atoms with Crippen LogP contribution in [0.4, 0.5) is 5.69 Å². The predicted molar refractivity (Wildman–Crippen MR) is 99.8 cm³/mol. The lowest BCUT2D eigenvalue weighted by atomic mass is 10.0. The topological polar surface area (TPSA) is 101 Å². The molecule has 0 saturated heterocycles. The number of carbonyl (C=O) groups excluding carboxylic acids is 1. The number of aryl methyl sites for hydroxylation is 3. The number of sulfone groups is 1. The fourth-order valence-corrected chi connectivity index (χ4v) is 3.77. The summed E-state index contributed by atoms with van der Waals surface area (Å²) in [7, 11) is -3.46. The zero-order valence-electron chi connectivity index (χ0n) is 15.1. The standard InChI is InChI=1S/C19H21NO5S/c1-5-13-6-7-14(9-17(13)26(4,24)25)18(21)20-16-10-15(19(22)23)11(2)8-12(16)3/h6-10H,5H2,1-4H3,(H,20,21)(H,22,23). The van der Waals surface area contributed by atoms with E-state index < -0.39 is 21.7 Å². The Bertz CT molecular complexity index is 993. The second kappa shape index (κ2) is 7.29. The molecule has 7 heteroatoms. The summed E-state index contributed by atoms with van der Waals surface area (Å²) in [4.78, 5) is 24.0. The summed E-state index contributed by atoms with van der Waals surface area (Å²) in [5, 5.41) is 11.9. The van der Waals surface area contributed by atoms with E-state index in [9.17, 15) is 23.1 Å². The molecule has 0 radical (unpaired) electrons. The molecule has 138 valence electrons. The molecule has 0 fully saturated rings. The maximum Gasteiger partial charge on any atom is 0.336 e. The number of hydrogen-bond donors (Lipinski definition) is 2. The van der Waals surface area contributed by atoms with Crippen LogP contribution in [0.15, 0.2) is 35.2 Å². The Morgan fingerprint density at radius 3 is 2.27 bits per heavy atom. The lowest BCUT2D eigenvalue weighted by molar-refractivity contribution is 0.0695. The second-order valence-electron chi connectivity index (χ2n) is 6.19. The van der Waals surface area contributed by atoms with E-state index in [4.69, 9.17) is 0 Å². The van der Waals surface area contributed by atoms with Gasteiger partial charge in [-0.05, 0) is 55.2 Å². The first-order valence-corrected chi connectivity index (χ1v) is 9.92. The third-order valence-corrected chi connectivity index (χ3v) is 5.34. The van der Waals surface area contributed by atoms with Crippen molar-refractivity contribution in [2.45, 2.75) is 32.1 Å². The van der Waals surface area contributed by atoms with Crippen LogP contribution in [-0.2, 0) is 16.3 Å². The molecule has 0 atom stereocenters. The number of anilines is 1. The molecule has 0 saturated carbocycles. The smallest absolute Gasteiger partial charge is 0.336 e. The van der Waals surface area contributed by atoms with E-state index in [-0.39, 0.29) is 16.0 Å². The summed E-state index contributed by atoms with van der Waals surface area (Å²) in [6.07, 6.45) is 1.63. The summed E-state index contributed by atoms with van der Waals surface area (Å²) in [6.45, 7) is 5.28. The Hall–Kier alpha value is -2.67. The molecule has 2 rings (SSSR count). The number of hydrogen-bond acceptors (Lipinski definition) is 4. The highest BCUT2D eigenvalue weighted by atomic mass is 32.2. The Kier molecular flexibility index (Phi) is 5.51. The van der Waals surface area contributed by atoms with Gasteiger partial charge in [0.25, 0.3) is 5.91 Å². The Morgan fingerprint density at radius 2 is 1.73 bits per heavy atom. The maximum atomic E-state index is 12.6. The minimum atomic E-state index is -3.46. The lowest BCUT2D eigenvalue weighted by Gasteiger charge is -2.13. The zero-order valence-corrected chi connectivity index (χ0v) is 15.9. The number of benzene rings is 2. The minimum absolute atomic E-state index is 0.101. The molecular weight excluding hydrogens is 354 g/mol. The van der Waals surface area contributed by atoms with Crippen molar-refractivity contribution < 1.29 is 23.1 Å². The van der Waals surface area contributed by atoms with Crippen molar-refractivity contribution in [1.29, 1.82) is 0 Å². The van der Waals surface area contributed by atoms with Gasteiger partial charge in [0.05, 0.1) is 10.5 Å². The van der Waals surface area contributed by atoms with Gasteiger partial charge in [0, 0.05) is 17.5 Å². The van der Waals surface area contributed by atoms with E-state index in [2.05, 4.69) is 5.32 Å². The number of nitrogens with one attached hydrogen (secondary N) is 1. The van der Waals surface area contributed by atoms with Gasteiger partial charge in [0.1, 0.15) is 0 Å². The van der Waals surface area contributed by atoms with Crippen LogP contribution in [0.25, 0.3) is 0 Å². The number of amides is 1. The molecule has 2 N–H and O–H groups in total. The predicted octanol–water partition coefficient (Wildman–Crippen LogP) is 3.22. The van der Waals surface area contributed by atoms with Gasteiger partial charge in [0.2, 0.25) is 0 Å². The Morgan fingerprint density at radius 1 is 1.08 bits per heavy atom. The molecule has 2 aromatic carbocycles. The molecule has 0 aliphatic rings. The molecule has 0 aromatic heterocycles. The number of carbonyl (C=O) groups is 2. The van der Waals surface area contributed by atoms with E-state index in [0.29, 0.717) is 23.2 Å². The second-order valence-corrected chi connectivity index (χ2v) is 8.17. The first kappa shape index (κ1) is 19.7. The fraction of sp³-hybridized carbons (Fsp3) is 0.263. The summed E-state index contributed by atoms with van der Waals surface area (Å²) in [5.41, 5.74) is 2.62. The minimum Gasteiger partial charge on any atom is -0.478 e. The zero-order chi connectivity index (χ0) is 19.6. The van der Waals surface area contributed by atoms with Crippen LogP contribution >= 0.6 is 0 Å². The van der Waals surface area contributed by atoms with E-state index in [1.165, 1.54) is 12.1 Å². The van der Waals surface area contributed by atoms with Gasteiger partial charge in [-0.2, -0.15) is 0 Å². The number of carboxylic acids is 1. The third-order valence-electron chi connectivity index (χ3n) is 4.16. The highest BCUT2D eigenvalue weighted by Crippen LogP contribution is 2.23. The van der Waals surface area contributed by atoms with E-state index in [1.807, 2.05) is 6.92 Å². The molecule has 1 amide bonds. The molecular formula is C19H21NO5S. The van der Waals surface area contributed by atoms with E-state index in [0.717, 1.165) is 11.8 Å². The largest absolute Gasteiger partial charge is 0.478 e. The highest BCUT2D eigenvalue weighted by molar-refractivity contribution is 7.90. The molecule has 26 heavy (non-hydrogen) atoms. The van der Waals surface area contributed by atoms with Crippen molar-refractivity contribution >= 4 is 27.4 Å². The van der Waals surface area contributed by atoms with Gasteiger partial charge < -0.3 is 10.4 Å². The van der Waals surface area contributed by atoms with Gasteiger partial charge in [-0.25, -0.2) is 13.2 Å². The first-order valence-electron chi connectivity index (χ1n) is 8.03. The first-order chi connectivity index (χ1) is 12.0. The van der Waals surface area contributed by atoms with Gasteiger partial charge in [-0.1, -0.05) is 19.1 Å². The van der Waals surface area contributed by atoms with Crippen LogP contribution in [-0.4, -0.2) is 31.7 Å². The van der Waals surface area contributed by atoms with Crippen molar-refractivity contribution in [1.82, 2.24) is 0 Å². The molecule has 0 aliphatic carbocycles. The Labute approximate surface area is 152 Å². The summed E-state index contributed by atoms with van der Waals surface area (Å²) < 4.78 is 23.9. The SMILES string of the molecule is CCc1ccc(C(=O)Nc2cc(C(=O)O)c(C)cc2C)cc1S(C)(=O)=O. The van der Waals surface area contributed by atoms with Crippen molar-refractivity contribution in [3.8, 4) is 0 Å². The summed E-state index contributed by atoms with van der Waals surface area (Å²) >= 11 is 0. The fourth-order valence-electron chi connectivity index (χ4n) is 2.74. The quantitative estimate of drug-likeness (QED) is 0.836. The van der Waals surface area contributed by atoms with Crippen LogP contribution in [0.1, 0.15) is 44.3 Å². The number of aromatic carboxylic acids is 1. The number of carboxylic acid groups (broad SMARTS) is 1. The van der Waals surface area contributed by atoms with Crippen LogP contribution in [0.3, 0.4) is 0 Å². The molecule has 0 heterocycles. The Balaban J connectivity index is 2.43. The van der Waals surface area contributed by atoms with Crippen LogP contribution in [0.2, 0.25) is 0 Å². The summed E-state index contributed by atoms with van der Waals surface area (Å²) in [5.74, 6) is -1.58. The van der Waals surface area contributed by atoms with Crippen molar-refractivity contribution in [2.75, 3.05) is 11.6 Å². The van der Waals surface area contributed by atoms with Crippen LogP contribution in [0.5, 0.6) is 0 Å². The highest BCUT2D eigenvalue weighted by Gasteiger charge is 2.17. The molecule has 2 aromatic rings. The maximum absolute atomic E-state index is 12.6. The molecule has 0 spiro atoms. The van der Waals surface area contributed by atoms with E-state index >= 15 is 0 Å². The number of rotatable bonds is 5. The molecule has 6 nitrogen and oxygen atoms in total. The van der Waals surface area contributed by atoms with Gasteiger partial charge in [-0.15, -0.1) is 0 Å². The average Bonchev–Trinajstić information content (AvgIpc) is 2.55.